The SMILES string of the molecule is COc1cc(C(=O)N2C[C@H]3CC4CC2[C@H]43)cc2nc(-c3cc4ccc(/C=C/c5ccc(C(F)(F)F)cc5)cc4n3CC3CC3)n(C)c12. The fourth-order valence-electron chi connectivity index (χ4n) is 8.47. The number of fused-ring (bicyclic) bond motifs is 2. The average molecular weight is 637 g/mol. The van der Waals surface area contributed by atoms with E-state index in [9.17, 15) is 18.0 Å². The van der Waals surface area contributed by atoms with Gasteiger partial charge in [0.15, 0.2) is 5.82 Å². The largest absolute Gasteiger partial charge is 0.494 e. The van der Waals surface area contributed by atoms with E-state index in [2.05, 4.69) is 32.2 Å². The molecule has 5 aromatic rings. The van der Waals surface area contributed by atoms with Gasteiger partial charge in [0.2, 0.25) is 0 Å². The third-order valence-electron chi connectivity index (χ3n) is 11.2. The van der Waals surface area contributed by atoms with E-state index in [0.29, 0.717) is 40.7 Å². The van der Waals surface area contributed by atoms with Gasteiger partial charge in [-0.15, -0.1) is 0 Å². The highest BCUT2D eigenvalue weighted by Gasteiger charge is 2.61. The molecule has 4 aliphatic rings. The molecule has 3 aromatic carbocycles. The summed E-state index contributed by atoms with van der Waals surface area (Å²) in [5.41, 5.74) is 5.31. The molecule has 1 aliphatic heterocycles. The first-order valence-corrected chi connectivity index (χ1v) is 16.5. The molecule has 4 atom stereocenters. The number of ether oxygens (including phenoxy) is 1. The van der Waals surface area contributed by atoms with Gasteiger partial charge in [0, 0.05) is 42.6 Å². The van der Waals surface area contributed by atoms with E-state index in [1.54, 1.807) is 7.11 Å². The molecule has 9 rings (SSSR count). The first-order chi connectivity index (χ1) is 22.7. The summed E-state index contributed by atoms with van der Waals surface area (Å²) in [5.74, 6) is 4.33. The van der Waals surface area contributed by atoms with Crippen LogP contribution < -0.4 is 4.74 Å². The fourth-order valence-corrected chi connectivity index (χ4v) is 8.47. The third kappa shape index (κ3) is 4.60. The quantitative estimate of drug-likeness (QED) is 0.169. The van der Waals surface area contributed by atoms with Gasteiger partial charge in [-0.1, -0.05) is 36.4 Å². The second kappa shape index (κ2) is 10.2. The van der Waals surface area contributed by atoms with Crippen LogP contribution in [0.25, 0.3) is 45.6 Å². The van der Waals surface area contributed by atoms with Crippen molar-refractivity contribution in [3.8, 4) is 17.3 Å². The Morgan fingerprint density at radius 1 is 0.979 bits per heavy atom. The molecule has 4 fully saturated rings. The zero-order chi connectivity index (χ0) is 32.2. The standard InChI is InChI=1S/C38H35F3N4O2/c1-43-35-29(15-26(18-33(35)47-2)37(46)45-20-27-14-25-17-31(45)34(25)27)42-36(43)32-16-24-10-7-22(13-30(24)44(32)19-23-5-6-23)4-3-21-8-11-28(12-9-21)38(39,40)41/h3-4,7-13,15-16,18,23,25,27,31,34H,5-6,14,17,19-20H2,1-2H3/b4-3+/t25?,27-,31?,34-/m1/s1. The summed E-state index contributed by atoms with van der Waals surface area (Å²) in [7, 11) is 3.64. The number of amides is 1. The van der Waals surface area contributed by atoms with E-state index < -0.39 is 11.7 Å². The van der Waals surface area contributed by atoms with Crippen LogP contribution in [0, 0.1) is 23.7 Å². The molecular formula is C38H35F3N4O2. The molecule has 1 amide bonds. The van der Waals surface area contributed by atoms with Crippen molar-refractivity contribution >= 4 is 40.0 Å². The number of hydrogen-bond acceptors (Lipinski definition) is 3. The van der Waals surface area contributed by atoms with Gasteiger partial charge in [-0.25, -0.2) is 4.98 Å². The van der Waals surface area contributed by atoms with Gasteiger partial charge in [0.1, 0.15) is 11.3 Å². The van der Waals surface area contributed by atoms with Crippen molar-refractivity contribution in [1.82, 2.24) is 19.0 Å². The van der Waals surface area contributed by atoms with E-state index in [1.165, 1.54) is 31.4 Å². The smallest absolute Gasteiger partial charge is 0.416 e. The maximum absolute atomic E-state index is 13.8. The van der Waals surface area contributed by atoms with Gasteiger partial charge in [-0.2, -0.15) is 13.2 Å². The maximum atomic E-state index is 13.8. The van der Waals surface area contributed by atoms with Gasteiger partial charge in [-0.05, 0) is 96.9 Å². The normalized spacial score (nSPS) is 23.4. The summed E-state index contributed by atoms with van der Waals surface area (Å²) in [5, 5.41) is 1.09. The molecule has 0 radical (unpaired) electrons. The van der Waals surface area contributed by atoms with Gasteiger partial charge in [0.25, 0.3) is 5.91 Å². The minimum Gasteiger partial charge on any atom is -0.494 e. The summed E-state index contributed by atoms with van der Waals surface area (Å²) >= 11 is 0. The lowest BCUT2D eigenvalue weighted by Crippen LogP contribution is -2.53. The molecule has 1 saturated heterocycles. The predicted octanol–water partition coefficient (Wildman–Crippen LogP) is 8.28. The Bertz CT molecular complexity index is 2100. The Kier molecular flexibility index (Phi) is 6.24. The van der Waals surface area contributed by atoms with Crippen LogP contribution in [-0.2, 0) is 19.8 Å². The number of aryl methyl sites for hydroxylation is 1. The number of aromatic nitrogens is 3. The Morgan fingerprint density at radius 3 is 2.45 bits per heavy atom. The third-order valence-corrected chi connectivity index (χ3v) is 11.2. The molecule has 3 aliphatic carbocycles. The Labute approximate surface area is 270 Å². The molecule has 3 saturated carbocycles. The topological polar surface area (TPSA) is 52.3 Å². The lowest BCUT2D eigenvalue weighted by Gasteiger charge is -2.52. The molecule has 0 bridgehead atoms. The number of likely N-dealkylation sites (tertiary alicyclic amines) is 1. The monoisotopic (exact) mass is 636 g/mol. The molecule has 0 spiro atoms. The summed E-state index contributed by atoms with van der Waals surface area (Å²) in [6.45, 7) is 1.73. The Morgan fingerprint density at radius 2 is 1.74 bits per heavy atom. The lowest BCUT2D eigenvalue weighted by molar-refractivity contribution is -0.137. The van der Waals surface area contributed by atoms with E-state index in [4.69, 9.17) is 9.72 Å². The number of hydrogen-bond donors (Lipinski definition) is 0. The van der Waals surface area contributed by atoms with Crippen LogP contribution in [0.5, 0.6) is 5.75 Å². The van der Waals surface area contributed by atoms with Crippen molar-refractivity contribution in [2.45, 2.75) is 44.4 Å². The lowest BCUT2D eigenvalue weighted by atomic mass is 9.53. The molecule has 3 heterocycles. The fraction of sp³-hybridized carbons (Fsp3) is 0.368. The van der Waals surface area contributed by atoms with Crippen LogP contribution in [0.15, 0.2) is 60.7 Å². The number of benzene rings is 3. The second-order valence-corrected chi connectivity index (χ2v) is 14.0. The van der Waals surface area contributed by atoms with E-state index in [1.807, 2.05) is 37.4 Å². The number of rotatable bonds is 7. The van der Waals surface area contributed by atoms with Gasteiger partial charge < -0.3 is 18.8 Å². The van der Waals surface area contributed by atoms with Gasteiger partial charge >= 0.3 is 6.18 Å². The van der Waals surface area contributed by atoms with Crippen LogP contribution in [0.2, 0.25) is 0 Å². The van der Waals surface area contributed by atoms with Crippen LogP contribution in [-0.4, -0.2) is 44.6 Å². The number of halogens is 3. The summed E-state index contributed by atoms with van der Waals surface area (Å²) in [4.78, 5) is 21.0. The van der Waals surface area contributed by atoms with E-state index in [0.717, 1.165) is 76.6 Å². The molecule has 2 aromatic heterocycles. The van der Waals surface area contributed by atoms with Crippen molar-refractivity contribution in [2.24, 2.45) is 30.7 Å². The number of carbonyl (C=O) groups excluding carboxylic acids is 1. The van der Waals surface area contributed by atoms with Crippen molar-refractivity contribution in [3.63, 3.8) is 0 Å². The van der Waals surface area contributed by atoms with Crippen molar-refractivity contribution in [3.05, 3.63) is 82.9 Å². The van der Waals surface area contributed by atoms with Gasteiger partial charge in [-0.3, -0.25) is 4.79 Å². The second-order valence-electron chi connectivity index (χ2n) is 14.0. The van der Waals surface area contributed by atoms with E-state index in [-0.39, 0.29) is 5.91 Å². The molecule has 47 heavy (non-hydrogen) atoms. The highest BCUT2D eigenvalue weighted by molar-refractivity contribution is 6.00. The molecular weight excluding hydrogens is 601 g/mol. The Hall–Kier alpha value is -4.53. The first kappa shape index (κ1) is 28.7. The number of imidazole rings is 1. The minimum atomic E-state index is -4.35. The average Bonchev–Trinajstić information content (AvgIpc) is 3.72. The zero-order valence-electron chi connectivity index (χ0n) is 26.3. The zero-order valence-corrected chi connectivity index (χ0v) is 26.3. The summed E-state index contributed by atoms with van der Waals surface area (Å²) in [6, 6.07) is 17.8. The number of carbonyl (C=O) groups is 1. The summed E-state index contributed by atoms with van der Waals surface area (Å²) in [6.07, 6.45) is 4.20. The van der Waals surface area contributed by atoms with Crippen molar-refractivity contribution in [2.75, 3.05) is 13.7 Å². The Balaban J connectivity index is 1.08. The number of nitrogens with zero attached hydrogens (tertiary/aromatic N) is 4. The van der Waals surface area contributed by atoms with Crippen LogP contribution in [0.3, 0.4) is 0 Å². The van der Waals surface area contributed by atoms with E-state index >= 15 is 0 Å². The molecule has 6 nitrogen and oxygen atoms in total. The van der Waals surface area contributed by atoms with Gasteiger partial charge in [0.05, 0.1) is 23.9 Å². The van der Waals surface area contributed by atoms with Crippen LogP contribution in [0.1, 0.15) is 52.7 Å². The first-order valence-electron chi connectivity index (χ1n) is 16.5. The molecule has 9 heteroatoms. The predicted molar refractivity (Wildman–Crippen MR) is 176 cm³/mol. The molecule has 0 N–H and O–H groups in total. The van der Waals surface area contributed by atoms with Crippen LogP contribution in [0.4, 0.5) is 13.2 Å². The molecule has 2 unspecified atom stereocenters. The summed E-state index contributed by atoms with van der Waals surface area (Å²) < 4.78 is 49.3. The van der Waals surface area contributed by atoms with Crippen molar-refractivity contribution < 1.29 is 22.7 Å². The highest BCUT2D eigenvalue weighted by Crippen LogP contribution is 2.60. The number of alkyl halides is 3. The van der Waals surface area contributed by atoms with Crippen molar-refractivity contribution in [1.29, 1.82) is 0 Å². The maximum Gasteiger partial charge on any atom is 0.416 e. The minimum absolute atomic E-state index is 0.0787. The number of methoxy groups -OCH3 is 1. The highest BCUT2D eigenvalue weighted by atomic mass is 19.4. The molecule has 240 valence electrons. The van der Waals surface area contributed by atoms with Crippen LogP contribution >= 0.6 is 0 Å².